The van der Waals surface area contributed by atoms with Crippen molar-refractivity contribution < 1.29 is 17.6 Å². The van der Waals surface area contributed by atoms with Crippen LogP contribution in [0.15, 0.2) is 45.7 Å². The molecule has 1 aromatic heterocycles. The molecule has 1 amide bonds. The van der Waals surface area contributed by atoms with Gasteiger partial charge in [0.25, 0.3) is 0 Å². The van der Waals surface area contributed by atoms with Gasteiger partial charge in [0.15, 0.2) is 0 Å². The number of nitrogens with one attached hydrogen (secondary N) is 1. The van der Waals surface area contributed by atoms with Crippen LogP contribution in [0.25, 0.3) is 0 Å². The molecule has 0 fully saturated rings. The molecule has 160 valence electrons. The van der Waals surface area contributed by atoms with Crippen LogP contribution < -0.4 is 5.32 Å². The van der Waals surface area contributed by atoms with Crippen molar-refractivity contribution in [3.63, 3.8) is 0 Å². The fraction of sp³-hybridized carbons (Fsp3) is 0.476. The molecule has 0 bridgehead atoms. The molecule has 1 aromatic carbocycles. The Hall–Kier alpha value is -2.16. The topological polar surface area (TPSA) is 82.9 Å². The minimum atomic E-state index is -3.58. The van der Waals surface area contributed by atoms with Crippen LogP contribution in [0.5, 0.6) is 0 Å². The van der Waals surface area contributed by atoms with Gasteiger partial charge in [0, 0.05) is 24.8 Å². The van der Waals surface area contributed by atoms with E-state index in [-0.39, 0.29) is 23.4 Å². The van der Waals surface area contributed by atoms with Gasteiger partial charge in [0.1, 0.15) is 11.5 Å². The summed E-state index contributed by atoms with van der Waals surface area (Å²) in [7, 11) is -3.58. The highest BCUT2D eigenvalue weighted by Gasteiger charge is 2.22. The Morgan fingerprint density at radius 2 is 1.83 bits per heavy atom. The number of sulfonamides is 1. The van der Waals surface area contributed by atoms with E-state index in [9.17, 15) is 13.2 Å². The summed E-state index contributed by atoms with van der Waals surface area (Å²) in [6, 6.07) is 10.3. The maximum Gasteiger partial charge on any atom is 0.243 e. The molecular weight excluding hydrogens is 390 g/mol. The summed E-state index contributed by atoms with van der Waals surface area (Å²) in [5.41, 5.74) is 0.459. The first-order valence-electron chi connectivity index (χ1n) is 9.86. The number of furan rings is 1. The molecule has 0 saturated carbocycles. The first-order chi connectivity index (χ1) is 13.7. The van der Waals surface area contributed by atoms with Crippen LogP contribution in [0, 0.1) is 6.92 Å². The predicted octanol–water partition coefficient (Wildman–Crippen LogP) is 3.47. The number of hydrogen-bond donors (Lipinski definition) is 1. The lowest BCUT2D eigenvalue weighted by Gasteiger charge is -2.25. The van der Waals surface area contributed by atoms with Crippen molar-refractivity contribution in [2.75, 3.05) is 25.0 Å². The highest BCUT2D eigenvalue weighted by atomic mass is 32.2. The Bertz CT molecular complexity index is 918. The molecular formula is C21H31N3O4S. The van der Waals surface area contributed by atoms with Crippen molar-refractivity contribution in [3.05, 3.63) is 47.9 Å². The van der Waals surface area contributed by atoms with Crippen LogP contribution in [0.3, 0.4) is 0 Å². The van der Waals surface area contributed by atoms with Gasteiger partial charge in [-0.2, -0.15) is 4.31 Å². The third kappa shape index (κ3) is 6.16. The molecule has 29 heavy (non-hydrogen) atoms. The highest BCUT2D eigenvalue weighted by Crippen LogP contribution is 2.20. The normalized spacial score (nSPS) is 12.1. The first kappa shape index (κ1) is 23.1. The Labute approximate surface area is 173 Å². The summed E-state index contributed by atoms with van der Waals surface area (Å²) in [4.78, 5) is 14.7. The third-order valence-corrected chi connectivity index (χ3v) is 6.74. The second kappa shape index (κ2) is 10.0. The fourth-order valence-corrected chi connectivity index (χ4v) is 4.53. The number of aryl methyl sites for hydroxylation is 1. The zero-order chi connectivity index (χ0) is 21.6. The highest BCUT2D eigenvalue weighted by molar-refractivity contribution is 7.89. The monoisotopic (exact) mass is 421 g/mol. The maximum absolute atomic E-state index is 12.7. The molecule has 0 radical (unpaired) electrons. The van der Waals surface area contributed by atoms with Crippen LogP contribution in [-0.4, -0.2) is 49.2 Å². The Morgan fingerprint density at radius 3 is 2.38 bits per heavy atom. The van der Waals surface area contributed by atoms with Gasteiger partial charge >= 0.3 is 0 Å². The molecule has 7 nitrogen and oxygen atoms in total. The van der Waals surface area contributed by atoms with E-state index in [4.69, 9.17) is 4.42 Å². The van der Waals surface area contributed by atoms with Gasteiger partial charge in [0.05, 0.1) is 18.0 Å². The molecule has 1 heterocycles. The average molecular weight is 422 g/mol. The number of anilines is 1. The summed E-state index contributed by atoms with van der Waals surface area (Å²) < 4.78 is 32.4. The molecule has 0 spiro atoms. The van der Waals surface area contributed by atoms with Crippen molar-refractivity contribution in [1.82, 2.24) is 9.21 Å². The molecule has 0 aliphatic rings. The SMILES string of the molecule is CCN(CC)S(=O)(=O)c1cccc(NC(=O)CN(Cc2ccc(C)o2)C(C)C)c1. The lowest BCUT2D eigenvalue weighted by Crippen LogP contribution is -2.37. The van der Waals surface area contributed by atoms with E-state index < -0.39 is 10.0 Å². The van der Waals surface area contributed by atoms with Gasteiger partial charge in [-0.15, -0.1) is 0 Å². The zero-order valence-electron chi connectivity index (χ0n) is 17.8. The van der Waals surface area contributed by atoms with E-state index in [1.807, 2.05) is 37.8 Å². The maximum atomic E-state index is 12.7. The van der Waals surface area contributed by atoms with Gasteiger partial charge < -0.3 is 9.73 Å². The van der Waals surface area contributed by atoms with Crippen LogP contribution in [-0.2, 0) is 21.4 Å². The molecule has 0 atom stereocenters. The van der Waals surface area contributed by atoms with E-state index >= 15 is 0 Å². The number of carbonyl (C=O) groups is 1. The second-order valence-corrected chi connectivity index (χ2v) is 9.11. The summed E-state index contributed by atoms with van der Waals surface area (Å²) in [6.07, 6.45) is 0. The standard InChI is InChI=1S/C21H31N3O4S/c1-6-24(7-2)29(26,27)20-10-8-9-18(13-20)22-21(25)15-23(16(3)4)14-19-12-11-17(5)28-19/h8-13,16H,6-7,14-15H2,1-5H3,(H,22,25). The summed E-state index contributed by atoms with van der Waals surface area (Å²) in [6.45, 7) is 11.0. The summed E-state index contributed by atoms with van der Waals surface area (Å²) in [5.74, 6) is 1.43. The molecule has 0 saturated heterocycles. The third-order valence-electron chi connectivity index (χ3n) is 4.69. The number of amides is 1. The van der Waals surface area contributed by atoms with Crippen molar-refractivity contribution in [2.45, 2.75) is 52.1 Å². The zero-order valence-corrected chi connectivity index (χ0v) is 18.6. The summed E-state index contributed by atoms with van der Waals surface area (Å²) >= 11 is 0. The van der Waals surface area contributed by atoms with E-state index in [1.54, 1.807) is 32.0 Å². The van der Waals surface area contributed by atoms with Gasteiger partial charge in [-0.05, 0) is 51.1 Å². The molecule has 8 heteroatoms. The van der Waals surface area contributed by atoms with Crippen molar-refractivity contribution in [3.8, 4) is 0 Å². The van der Waals surface area contributed by atoms with E-state index in [0.717, 1.165) is 11.5 Å². The van der Waals surface area contributed by atoms with Crippen molar-refractivity contribution in [2.24, 2.45) is 0 Å². The average Bonchev–Trinajstić information content (AvgIpc) is 3.07. The number of rotatable bonds is 10. The lowest BCUT2D eigenvalue weighted by atomic mass is 10.2. The smallest absolute Gasteiger partial charge is 0.243 e. The first-order valence-corrected chi connectivity index (χ1v) is 11.3. The number of nitrogens with zero attached hydrogens (tertiary/aromatic N) is 2. The molecule has 0 aliphatic heterocycles. The molecule has 0 aliphatic carbocycles. The number of carbonyl (C=O) groups excluding carboxylic acids is 1. The van der Waals surface area contributed by atoms with E-state index in [2.05, 4.69) is 5.32 Å². The summed E-state index contributed by atoms with van der Waals surface area (Å²) in [5, 5.41) is 2.81. The van der Waals surface area contributed by atoms with Gasteiger partial charge in [-0.3, -0.25) is 9.69 Å². The van der Waals surface area contributed by atoms with Crippen LogP contribution in [0.4, 0.5) is 5.69 Å². The quantitative estimate of drug-likeness (QED) is 0.635. The molecule has 2 aromatic rings. The van der Waals surface area contributed by atoms with E-state index in [0.29, 0.717) is 25.3 Å². The fourth-order valence-electron chi connectivity index (χ4n) is 3.02. The Morgan fingerprint density at radius 1 is 1.14 bits per heavy atom. The minimum absolute atomic E-state index is 0.139. The largest absolute Gasteiger partial charge is 0.465 e. The molecule has 2 rings (SSSR count). The van der Waals surface area contributed by atoms with Crippen LogP contribution >= 0.6 is 0 Å². The molecule has 1 N–H and O–H groups in total. The Kier molecular flexibility index (Phi) is 8.01. The van der Waals surface area contributed by atoms with Gasteiger partial charge in [-0.25, -0.2) is 8.42 Å². The van der Waals surface area contributed by atoms with Crippen molar-refractivity contribution in [1.29, 1.82) is 0 Å². The van der Waals surface area contributed by atoms with Crippen LogP contribution in [0.1, 0.15) is 39.2 Å². The Balaban J connectivity index is 2.09. The van der Waals surface area contributed by atoms with Crippen molar-refractivity contribution >= 4 is 21.6 Å². The number of hydrogen-bond acceptors (Lipinski definition) is 5. The second-order valence-electron chi connectivity index (χ2n) is 7.18. The van der Waals surface area contributed by atoms with Gasteiger partial charge in [-0.1, -0.05) is 19.9 Å². The van der Waals surface area contributed by atoms with E-state index in [1.165, 1.54) is 10.4 Å². The van der Waals surface area contributed by atoms with Gasteiger partial charge in [0.2, 0.25) is 15.9 Å². The van der Waals surface area contributed by atoms with Crippen LogP contribution in [0.2, 0.25) is 0 Å². The molecule has 0 unspecified atom stereocenters. The predicted molar refractivity (Wildman–Crippen MR) is 114 cm³/mol. The lowest BCUT2D eigenvalue weighted by molar-refractivity contribution is -0.117. The number of benzene rings is 1. The minimum Gasteiger partial charge on any atom is -0.465 e.